The lowest BCUT2D eigenvalue weighted by molar-refractivity contribution is 0.404. The quantitative estimate of drug-likeness (QED) is 0.681. The molecule has 1 N–H and O–H groups in total. The molecule has 2 rings (SSSR count). The Morgan fingerprint density at radius 3 is 2.80 bits per heavy atom. The number of H-pyrrole nitrogens is 1. The van der Waals surface area contributed by atoms with Gasteiger partial charge in [0.25, 0.3) is 0 Å². The maximum atomic E-state index is 3.32. The minimum absolute atomic E-state index is 0.991. The fourth-order valence-electron chi connectivity index (χ4n) is 1.78. The monoisotopic (exact) mass is 314 g/mol. The first-order chi connectivity index (χ1) is 7.20. The lowest BCUT2D eigenvalue weighted by atomic mass is 10.1. The molecule has 0 saturated carbocycles. The molecule has 3 heteroatoms. The van der Waals surface area contributed by atoms with Crippen molar-refractivity contribution in [3.8, 4) is 0 Å². The van der Waals surface area contributed by atoms with E-state index in [1.54, 1.807) is 0 Å². The normalized spacial score (nSPS) is 11.5. The number of aromatic amines is 1. The molecule has 1 aromatic heterocycles. The molecule has 0 aliphatic rings. The van der Waals surface area contributed by atoms with E-state index in [0.717, 1.165) is 11.0 Å². The van der Waals surface area contributed by atoms with Crippen molar-refractivity contribution in [2.45, 2.75) is 11.0 Å². The molecule has 2 aromatic rings. The van der Waals surface area contributed by atoms with Crippen molar-refractivity contribution in [2.75, 3.05) is 14.1 Å². The number of fused-ring (bicyclic) bond motifs is 1. The summed E-state index contributed by atoms with van der Waals surface area (Å²) in [5.41, 5.74) is 4.00. The lowest BCUT2D eigenvalue weighted by Crippen LogP contribution is -2.10. The number of benzene rings is 1. The Labute approximate surface area is 104 Å². The molecule has 0 radical (unpaired) electrons. The van der Waals surface area contributed by atoms with Crippen molar-refractivity contribution in [2.24, 2.45) is 0 Å². The van der Waals surface area contributed by atoms with Gasteiger partial charge in [0.15, 0.2) is 0 Å². The van der Waals surface area contributed by atoms with E-state index in [-0.39, 0.29) is 0 Å². The fourth-order valence-corrected chi connectivity index (χ4v) is 2.25. The second-order valence-corrected chi connectivity index (χ2v) is 4.83. The lowest BCUT2D eigenvalue weighted by Gasteiger charge is -2.08. The number of hydrogen-bond donors (Lipinski definition) is 1. The Balaban J connectivity index is 2.46. The largest absolute Gasteiger partial charge is 0.361 e. The van der Waals surface area contributed by atoms with Crippen molar-refractivity contribution < 1.29 is 0 Å². The summed E-state index contributed by atoms with van der Waals surface area (Å²) < 4.78 is 1.07. The summed E-state index contributed by atoms with van der Waals surface area (Å²) in [6, 6.07) is 6.64. The molecule has 0 unspecified atom stereocenters. The van der Waals surface area contributed by atoms with E-state index in [0.29, 0.717) is 0 Å². The number of halogens is 1. The van der Waals surface area contributed by atoms with Gasteiger partial charge in [-0.1, -0.05) is 28.7 Å². The number of aromatic nitrogens is 1. The summed E-state index contributed by atoms with van der Waals surface area (Å²) in [5.74, 6) is 0. The number of alkyl halides is 1. The van der Waals surface area contributed by atoms with Crippen molar-refractivity contribution in [1.29, 1.82) is 0 Å². The summed E-state index contributed by atoms with van der Waals surface area (Å²) >= 11 is 2.40. The van der Waals surface area contributed by atoms with Gasteiger partial charge in [0.2, 0.25) is 0 Å². The molecule has 0 saturated heterocycles. The zero-order valence-corrected chi connectivity index (χ0v) is 11.2. The predicted octanol–water partition coefficient (Wildman–Crippen LogP) is 3.16. The molecule has 0 aliphatic heterocycles. The first kappa shape index (κ1) is 11.0. The van der Waals surface area contributed by atoms with Gasteiger partial charge in [0.1, 0.15) is 0 Å². The predicted molar refractivity (Wildman–Crippen MR) is 73.4 cm³/mol. The molecule has 1 aromatic carbocycles. The summed E-state index contributed by atoms with van der Waals surface area (Å²) in [4.78, 5) is 5.51. The third kappa shape index (κ3) is 2.34. The molecule has 1 heterocycles. The van der Waals surface area contributed by atoms with Gasteiger partial charge < -0.3 is 9.88 Å². The molecule has 0 fully saturated rings. The van der Waals surface area contributed by atoms with Gasteiger partial charge in [-0.25, -0.2) is 0 Å². The average Bonchev–Trinajstić information content (AvgIpc) is 2.60. The van der Waals surface area contributed by atoms with Crippen LogP contribution >= 0.6 is 22.6 Å². The number of nitrogens with one attached hydrogen (secondary N) is 1. The SMILES string of the molecule is CN(C)Cc1c[nH]c2ccc(CI)cc12. The Kier molecular flexibility index (Phi) is 3.31. The van der Waals surface area contributed by atoms with Gasteiger partial charge in [-0.3, -0.25) is 0 Å². The highest BCUT2D eigenvalue weighted by Gasteiger charge is 2.04. The minimum atomic E-state index is 0.991. The van der Waals surface area contributed by atoms with E-state index in [1.165, 1.54) is 22.0 Å². The summed E-state index contributed by atoms with van der Waals surface area (Å²) in [7, 11) is 4.20. The van der Waals surface area contributed by atoms with Crippen LogP contribution in [0.4, 0.5) is 0 Å². The Morgan fingerprint density at radius 2 is 2.13 bits per heavy atom. The Hall–Kier alpha value is -0.550. The Morgan fingerprint density at radius 1 is 1.33 bits per heavy atom. The zero-order valence-electron chi connectivity index (χ0n) is 9.05. The highest BCUT2D eigenvalue weighted by molar-refractivity contribution is 14.1. The van der Waals surface area contributed by atoms with Crippen molar-refractivity contribution >= 4 is 33.5 Å². The Bertz CT molecular complexity index is 460. The highest BCUT2D eigenvalue weighted by atomic mass is 127. The van der Waals surface area contributed by atoms with Crippen molar-refractivity contribution in [3.05, 3.63) is 35.5 Å². The molecule has 0 amide bonds. The third-order valence-electron chi connectivity index (χ3n) is 2.47. The van der Waals surface area contributed by atoms with Crippen LogP contribution in [0.2, 0.25) is 0 Å². The highest BCUT2D eigenvalue weighted by Crippen LogP contribution is 2.21. The van der Waals surface area contributed by atoms with Gasteiger partial charge in [-0.05, 0) is 37.4 Å². The maximum Gasteiger partial charge on any atom is 0.0457 e. The molecule has 0 aliphatic carbocycles. The molecule has 0 spiro atoms. The standard InChI is InChI=1S/C12H15IN2/c1-15(2)8-10-7-14-12-4-3-9(6-13)5-11(10)12/h3-5,7,14H,6,8H2,1-2H3. The van der Waals surface area contributed by atoms with Crippen LogP contribution in [0.3, 0.4) is 0 Å². The number of nitrogens with zero attached hydrogens (tertiary/aromatic N) is 1. The molecule has 80 valence electrons. The van der Waals surface area contributed by atoms with Crippen LogP contribution in [-0.4, -0.2) is 24.0 Å². The van der Waals surface area contributed by atoms with E-state index in [4.69, 9.17) is 0 Å². The van der Waals surface area contributed by atoms with Crippen LogP contribution in [0.15, 0.2) is 24.4 Å². The topological polar surface area (TPSA) is 19.0 Å². The summed E-state index contributed by atoms with van der Waals surface area (Å²) in [5, 5.41) is 1.36. The minimum Gasteiger partial charge on any atom is -0.361 e. The van der Waals surface area contributed by atoms with Gasteiger partial charge in [-0.2, -0.15) is 0 Å². The number of hydrogen-bond acceptors (Lipinski definition) is 1. The van der Waals surface area contributed by atoms with E-state index in [1.807, 2.05) is 0 Å². The van der Waals surface area contributed by atoms with Crippen LogP contribution in [0, 0.1) is 0 Å². The molecular formula is C12H15IN2. The van der Waals surface area contributed by atoms with Crippen LogP contribution in [0.5, 0.6) is 0 Å². The van der Waals surface area contributed by atoms with E-state index < -0.39 is 0 Å². The van der Waals surface area contributed by atoms with Crippen LogP contribution in [0.25, 0.3) is 10.9 Å². The zero-order chi connectivity index (χ0) is 10.8. The second-order valence-electron chi connectivity index (χ2n) is 4.07. The number of rotatable bonds is 3. The van der Waals surface area contributed by atoms with Gasteiger partial charge in [-0.15, -0.1) is 0 Å². The fraction of sp³-hybridized carbons (Fsp3) is 0.333. The first-order valence-corrected chi connectivity index (χ1v) is 6.53. The smallest absolute Gasteiger partial charge is 0.0457 e. The second kappa shape index (κ2) is 4.53. The maximum absolute atomic E-state index is 3.32. The van der Waals surface area contributed by atoms with E-state index in [9.17, 15) is 0 Å². The van der Waals surface area contributed by atoms with Gasteiger partial charge >= 0.3 is 0 Å². The first-order valence-electron chi connectivity index (χ1n) is 5.00. The molecule has 2 nitrogen and oxygen atoms in total. The molecule has 0 atom stereocenters. The summed E-state index contributed by atoms with van der Waals surface area (Å²) in [6.07, 6.45) is 2.11. The molecule has 0 bridgehead atoms. The molecule has 15 heavy (non-hydrogen) atoms. The average molecular weight is 314 g/mol. The third-order valence-corrected chi connectivity index (χ3v) is 3.35. The van der Waals surface area contributed by atoms with Crippen LogP contribution < -0.4 is 0 Å². The van der Waals surface area contributed by atoms with Gasteiger partial charge in [0.05, 0.1) is 0 Å². The van der Waals surface area contributed by atoms with Gasteiger partial charge in [0, 0.05) is 28.1 Å². The summed E-state index contributed by atoms with van der Waals surface area (Å²) in [6.45, 7) is 0.991. The van der Waals surface area contributed by atoms with E-state index >= 15 is 0 Å². The van der Waals surface area contributed by atoms with Crippen LogP contribution in [-0.2, 0) is 11.0 Å². The molecular weight excluding hydrogens is 299 g/mol. The van der Waals surface area contributed by atoms with Crippen molar-refractivity contribution in [3.63, 3.8) is 0 Å². The van der Waals surface area contributed by atoms with Crippen molar-refractivity contribution in [1.82, 2.24) is 9.88 Å². The van der Waals surface area contributed by atoms with E-state index in [2.05, 4.69) is 71.0 Å². The van der Waals surface area contributed by atoms with Crippen LogP contribution in [0.1, 0.15) is 11.1 Å².